The molecule has 1 aliphatic heterocycles. The fourth-order valence-corrected chi connectivity index (χ4v) is 3.08. The molecule has 0 radical (unpaired) electrons. The van der Waals surface area contributed by atoms with Crippen molar-refractivity contribution in [2.75, 3.05) is 19.6 Å². The standard InChI is InChI=1S/C15H26N2O/c1-12(2)13-4-3-7-17(8-5-13)15(10-16)14-6-9-18-11-14/h6,9,11-13,15H,3-5,7-8,10,16H2,1-2H3. The molecule has 2 N–H and O–H groups in total. The third-order valence-corrected chi connectivity index (χ3v) is 4.34. The maximum Gasteiger partial charge on any atom is 0.0950 e. The Hall–Kier alpha value is -0.800. The number of nitrogens with zero attached hydrogens (tertiary/aromatic N) is 1. The van der Waals surface area contributed by atoms with Gasteiger partial charge in [0, 0.05) is 12.1 Å². The van der Waals surface area contributed by atoms with Gasteiger partial charge in [-0.05, 0) is 50.3 Å². The van der Waals surface area contributed by atoms with Gasteiger partial charge in [0.15, 0.2) is 0 Å². The van der Waals surface area contributed by atoms with E-state index in [-0.39, 0.29) is 0 Å². The van der Waals surface area contributed by atoms with E-state index in [1.54, 1.807) is 6.26 Å². The largest absolute Gasteiger partial charge is 0.472 e. The van der Waals surface area contributed by atoms with Crippen molar-refractivity contribution in [2.24, 2.45) is 17.6 Å². The molecule has 3 nitrogen and oxygen atoms in total. The predicted molar refractivity (Wildman–Crippen MR) is 74.3 cm³/mol. The Morgan fingerprint density at radius 1 is 1.39 bits per heavy atom. The molecule has 0 amide bonds. The quantitative estimate of drug-likeness (QED) is 0.893. The van der Waals surface area contributed by atoms with Crippen LogP contribution in [0.25, 0.3) is 0 Å². The molecule has 2 heterocycles. The second-order valence-electron chi connectivity index (χ2n) is 5.78. The highest BCUT2D eigenvalue weighted by Crippen LogP contribution is 2.29. The van der Waals surface area contributed by atoms with Crippen molar-refractivity contribution in [3.63, 3.8) is 0 Å². The summed E-state index contributed by atoms with van der Waals surface area (Å²) < 4.78 is 5.20. The lowest BCUT2D eigenvalue weighted by Gasteiger charge is -2.29. The van der Waals surface area contributed by atoms with E-state index in [2.05, 4.69) is 18.7 Å². The van der Waals surface area contributed by atoms with Crippen LogP contribution in [-0.2, 0) is 0 Å². The van der Waals surface area contributed by atoms with Crippen LogP contribution in [0.2, 0.25) is 0 Å². The molecule has 2 rings (SSSR count). The zero-order valence-corrected chi connectivity index (χ0v) is 11.6. The third-order valence-electron chi connectivity index (χ3n) is 4.34. The van der Waals surface area contributed by atoms with Gasteiger partial charge in [-0.15, -0.1) is 0 Å². The molecule has 0 spiro atoms. The lowest BCUT2D eigenvalue weighted by atomic mass is 9.89. The van der Waals surface area contributed by atoms with Crippen molar-refractivity contribution in [1.29, 1.82) is 0 Å². The Morgan fingerprint density at radius 2 is 2.22 bits per heavy atom. The molecule has 1 aromatic rings. The van der Waals surface area contributed by atoms with Gasteiger partial charge in [-0.3, -0.25) is 4.90 Å². The first-order chi connectivity index (χ1) is 8.72. The Labute approximate surface area is 110 Å². The molecule has 18 heavy (non-hydrogen) atoms. The molecule has 0 aliphatic carbocycles. The number of nitrogens with two attached hydrogens (primary N) is 1. The van der Waals surface area contributed by atoms with E-state index >= 15 is 0 Å². The van der Waals surface area contributed by atoms with Gasteiger partial charge < -0.3 is 10.2 Å². The number of hydrogen-bond donors (Lipinski definition) is 1. The second-order valence-corrected chi connectivity index (χ2v) is 5.78. The summed E-state index contributed by atoms with van der Waals surface area (Å²) in [6.45, 7) is 7.69. The number of rotatable bonds is 4. The van der Waals surface area contributed by atoms with Crippen molar-refractivity contribution in [2.45, 2.75) is 39.2 Å². The Bertz CT molecular complexity index is 334. The summed E-state index contributed by atoms with van der Waals surface area (Å²) in [7, 11) is 0. The molecule has 1 saturated heterocycles. The molecule has 0 saturated carbocycles. The molecule has 2 atom stereocenters. The number of furan rings is 1. The lowest BCUT2D eigenvalue weighted by Crippen LogP contribution is -2.34. The van der Waals surface area contributed by atoms with Gasteiger partial charge in [0.1, 0.15) is 0 Å². The maximum atomic E-state index is 5.96. The van der Waals surface area contributed by atoms with Crippen molar-refractivity contribution >= 4 is 0 Å². The number of likely N-dealkylation sites (tertiary alicyclic amines) is 1. The highest BCUT2D eigenvalue weighted by Gasteiger charge is 2.25. The molecule has 1 fully saturated rings. The number of hydrogen-bond acceptors (Lipinski definition) is 3. The van der Waals surface area contributed by atoms with Crippen molar-refractivity contribution < 1.29 is 4.42 Å². The van der Waals surface area contributed by atoms with Gasteiger partial charge >= 0.3 is 0 Å². The highest BCUT2D eigenvalue weighted by molar-refractivity contribution is 5.12. The molecule has 0 bridgehead atoms. The third kappa shape index (κ3) is 3.15. The summed E-state index contributed by atoms with van der Waals surface area (Å²) >= 11 is 0. The normalized spacial score (nSPS) is 24.1. The van der Waals surface area contributed by atoms with Crippen LogP contribution in [0, 0.1) is 11.8 Å². The van der Waals surface area contributed by atoms with Crippen molar-refractivity contribution in [3.05, 3.63) is 24.2 Å². The van der Waals surface area contributed by atoms with Gasteiger partial charge in [-0.25, -0.2) is 0 Å². The SMILES string of the molecule is CC(C)C1CCCN(C(CN)c2ccoc2)CC1. The zero-order chi connectivity index (χ0) is 13.0. The van der Waals surface area contributed by atoms with Crippen LogP contribution in [-0.4, -0.2) is 24.5 Å². The minimum atomic E-state index is 0.328. The van der Waals surface area contributed by atoms with Crippen LogP contribution in [0.1, 0.15) is 44.7 Å². The minimum Gasteiger partial charge on any atom is -0.472 e. The summed E-state index contributed by atoms with van der Waals surface area (Å²) in [6, 6.07) is 2.37. The van der Waals surface area contributed by atoms with Crippen LogP contribution in [0.15, 0.2) is 23.0 Å². The van der Waals surface area contributed by atoms with Gasteiger partial charge in [0.25, 0.3) is 0 Å². The van der Waals surface area contributed by atoms with E-state index in [0.717, 1.165) is 24.9 Å². The fraction of sp³-hybridized carbons (Fsp3) is 0.733. The first-order valence-electron chi connectivity index (χ1n) is 7.18. The van der Waals surface area contributed by atoms with E-state index in [4.69, 9.17) is 10.2 Å². The molecule has 2 unspecified atom stereocenters. The van der Waals surface area contributed by atoms with E-state index in [1.165, 1.54) is 24.8 Å². The van der Waals surface area contributed by atoms with Gasteiger partial charge in [0.2, 0.25) is 0 Å². The Morgan fingerprint density at radius 3 is 2.83 bits per heavy atom. The molecule has 1 aromatic heterocycles. The van der Waals surface area contributed by atoms with Crippen LogP contribution < -0.4 is 5.73 Å². The van der Waals surface area contributed by atoms with Crippen molar-refractivity contribution in [1.82, 2.24) is 4.90 Å². The first-order valence-corrected chi connectivity index (χ1v) is 7.18. The van der Waals surface area contributed by atoms with E-state index < -0.39 is 0 Å². The minimum absolute atomic E-state index is 0.328. The Balaban J connectivity index is 2.00. The lowest BCUT2D eigenvalue weighted by molar-refractivity contribution is 0.203. The first kappa shape index (κ1) is 13.6. The van der Waals surface area contributed by atoms with Gasteiger partial charge in [-0.2, -0.15) is 0 Å². The van der Waals surface area contributed by atoms with Crippen LogP contribution in [0.3, 0.4) is 0 Å². The monoisotopic (exact) mass is 250 g/mol. The van der Waals surface area contributed by atoms with E-state index in [0.29, 0.717) is 12.6 Å². The summed E-state index contributed by atoms with van der Waals surface area (Å²) in [5.74, 6) is 1.67. The van der Waals surface area contributed by atoms with E-state index in [1.807, 2.05) is 12.3 Å². The smallest absolute Gasteiger partial charge is 0.0950 e. The van der Waals surface area contributed by atoms with Crippen LogP contribution >= 0.6 is 0 Å². The molecule has 3 heteroatoms. The molecule has 102 valence electrons. The van der Waals surface area contributed by atoms with Crippen LogP contribution in [0.4, 0.5) is 0 Å². The molecule has 1 aliphatic rings. The average Bonchev–Trinajstić information content (AvgIpc) is 2.75. The second kappa shape index (κ2) is 6.39. The van der Waals surface area contributed by atoms with Crippen molar-refractivity contribution in [3.8, 4) is 0 Å². The average molecular weight is 250 g/mol. The van der Waals surface area contributed by atoms with Gasteiger partial charge in [-0.1, -0.05) is 13.8 Å². The molecular formula is C15H26N2O. The summed E-state index contributed by atoms with van der Waals surface area (Å²) in [5, 5.41) is 0. The van der Waals surface area contributed by atoms with Gasteiger partial charge in [0.05, 0.1) is 18.6 Å². The fourth-order valence-electron chi connectivity index (χ4n) is 3.08. The topological polar surface area (TPSA) is 42.4 Å². The molecule has 0 aromatic carbocycles. The zero-order valence-electron chi connectivity index (χ0n) is 11.6. The maximum absolute atomic E-state index is 5.96. The summed E-state index contributed by atoms with van der Waals surface area (Å²) in [4.78, 5) is 2.53. The van der Waals surface area contributed by atoms with Crippen LogP contribution in [0.5, 0.6) is 0 Å². The Kier molecular flexibility index (Phi) is 4.84. The highest BCUT2D eigenvalue weighted by atomic mass is 16.3. The van der Waals surface area contributed by atoms with E-state index in [9.17, 15) is 0 Å². The summed E-state index contributed by atoms with van der Waals surface area (Å²) in [6.07, 6.45) is 7.52. The molecular weight excluding hydrogens is 224 g/mol. The summed E-state index contributed by atoms with van der Waals surface area (Å²) in [5.41, 5.74) is 7.18. The predicted octanol–water partition coefficient (Wildman–Crippen LogP) is 3.04.